The summed E-state index contributed by atoms with van der Waals surface area (Å²) in [6.07, 6.45) is 0. The van der Waals surface area contributed by atoms with Crippen molar-refractivity contribution >= 4 is 15.5 Å². The predicted molar refractivity (Wildman–Crippen MR) is 62.0 cm³/mol. The number of hydrogen-bond donors (Lipinski definition) is 2. The maximum absolute atomic E-state index is 12.2. The fourth-order valence-corrected chi connectivity index (χ4v) is 1.92. The van der Waals surface area contributed by atoms with E-state index in [-0.39, 0.29) is 4.90 Å². The molecule has 0 unspecified atom stereocenters. The Morgan fingerprint density at radius 1 is 1.18 bits per heavy atom. The third kappa shape index (κ3) is 3.64. The first kappa shape index (κ1) is 13.9. The van der Waals surface area contributed by atoms with E-state index in [1.807, 2.05) is 0 Å². The van der Waals surface area contributed by atoms with Crippen molar-refractivity contribution in [2.75, 3.05) is 25.5 Å². The molecule has 0 heterocycles. The Labute approximate surface area is 98.9 Å². The van der Waals surface area contributed by atoms with Crippen molar-refractivity contribution in [2.45, 2.75) is 10.7 Å². The molecule has 0 amide bonds. The first-order valence-electron chi connectivity index (χ1n) is 4.99. The van der Waals surface area contributed by atoms with Crippen molar-refractivity contribution in [3.8, 4) is 0 Å². The normalized spacial score (nSPS) is 11.8. The zero-order chi connectivity index (χ0) is 12.9. The highest BCUT2D eigenvalue weighted by Crippen LogP contribution is 2.19. The number of likely N-dealkylation sites (N-methyl/N-ethyl adjacent to an activating group) is 1. The lowest BCUT2D eigenvalue weighted by Gasteiger charge is -2.07. The van der Waals surface area contributed by atoms with Gasteiger partial charge in [-0.3, -0.25) is 0 Å². The van der Waals surface area contributed by atoms with E-state index in [1.54, 1.807) is 7.05 Å². The van der Waals surface area contributed by atoms with Gasteiger partial charge in [-0.25, -0.2) is 8.42 Å². The number of hydrogen-bond acceptors (Lipinski definition) is 4. The predicted octanol–water partition coefficient (Wildman–Crippen LogP) is 1.31. The zero-order valence-corrected chi connectivity index (χ0v) is 10.1. The van der Waals surface area contributed by atoms with E-state index in [4.69, 9.17) is 0 Å². The van der Waals surface area contributed by atoms with Gasteiger partial charge in [0.15, 0.2) is 0 Å². The van der Waals surface area contributed by atoms with Crippen molar-refractivity contribution in [3.63, 3.8) is 0 Å². The summed E-state index contributed by atoms with van der Waals surface area (Å²) in [7, 11) is -2.69. The molecule has 0 atom stereocenters. The molecule has 0 aromatic heterocycles. The summed E-state index contributed by atoms with van der Waals surface area (Å²) in [5.74, 6) is -3.38. The van der Waals surface area contributed by atoms with E-state index >= 15 is 0 Å². The fraction of sp³-hybridized carbons (Fsp3) is 0.400. The van der Waals surface area contributed by atoms with Crippen LogP contribution in [0.25, 0.3) is 0 Å². The second-order valence-corrected chi connectivity index (χ2v) is 5.28. The van der Waals surface area contributed by atoms with Crippen LogP contribution in [0.3, 0.4) is 0 Å². The molecule has 0 saturated heterocycles. The standard InChI is InChI=1S/C10H14F2N2O2S/c1-13-6-7-14-8-2-4-9(5-3-8)17(15,16)10(11)12/h2-5,10,13-14H,6-7H2,1H3. The maximum atomic E-state index is 12.2. The van der Waals surface area contributed by atoms with Crippen LogP contribution in [0.15, 0.2) is 29.2 Å². The van der Waals surface area contributed by atoms with Gasteiger partial charge in [0.2, 0.25) is 9.84 Å². The number of rotatable bonds is 6. The molecule has 0 fully saturated rings. The Kier molecular flexibility index (Phi) is 4.83. The number of benzene rings is 1. The summed E-state index contributed by atoms with van der Waals surface area (Å²) < 4.78 is 46.7. The van der Waals surface area contributed by atoms with Crippen LogP contribution < -0.4 is 10.6 Å². The van der Waals surface area contributed by atoms with Crippen LogP contribution in [0.5, 0.6) is 0 Å². The summed E-state index contributed by atoms with van der Waals surface area (Å²) in [6.45, 7) is 1.41. The van der Waals surface area contributed by atoms with Crippen molar-refractivity contribution in [1.29, 1.82) is 0 Å². The molecule has 17 heavy (non-hydrogen) atoms. The molecular weight excluding hydrogens is 250 g/mol. The second-order valence-electron chi connectivity index (χ2n) is 3.36. The SMILES string of the molecule is CNCCNc1ccc(S(=O)(=O)C(F)F)cc1. The number of anilines is 1. The lowest BCUT2D eigenvalue weighted by molar-refractivity contribution is 0.234. The average molecular weight is 264 g/mol. The van der Waals surface area contributed by atoms with Gasteiger partial charge in [0.1, 0.15) is 0 Å². The van der Waals surface area contributed by atoms with Crippen molar-refractivity contribution < 1.29 is 17.2 Å². The minimum Gasteiger partial charge on any atom is -0.384 e. The lowest BCUT2D eigenvalue weighted by Crippen LogP contribution is -2.17. The van der Waals surface area contributed by atoms with E-state index in [1.165, 1.54) is 24.3 Å². The minimum atomic E-state index is -4.49. The van der Waals surface area contributed by atoms with Gasteiger partial charge in [0.05, 0.1) is 4.90 Å². The maximum Gasteiger partial charge on any atom is 0.341 e. The van der Waals surface area contributed by atoms with Gasteiger partial charge in [0.25, 0.3) is 0 Å². The molecule has 0 aliphatic carbocycles. The molecule has 96 valence electrons. The quantitative estimate of drug-likeness (QED) is 0.761. The average Bonchev–Trinajstić information content (AvgIpc) is 2.30. The first-order chi connectivity index (χ1) is 7.98. The fourth-order valence-electron chi connectivity index (χ4n) is 1.20. The van der Waals surface area contributed by atoms with Gasteiger partial charge in [-0.15, -0.1) is 0 Å². The molecule has 0 spiro atoms. The highest BCUT2D eigenvalue weighted by Gasteiger charge is 2.26. The zero-order valence-electron chi connectivity index (χ0n) is 9.28. The summed E-state index contributed by atoms with van der Waals surface area (Å²) in [5, 5.41) is 5.94. The summed E-state index contributed by atoms with van der Waals surface area (Å²) in [6, 6.07) is 5.27. The van der Waals surface area contributed by atoms with E-state index in [2.05, 4.69) is 10.6 Å². The van der Waals surface area contributed by atoms with Gasteiger partial charge < -0.3 is 10.6 Å². The molecule has 7 heteroatoms. The molecule has 2 N–H and O–H groups in total. The summed E-state index contributed by atoms with van der Waals surface area (Å²) >= 11 is 0. The Morgan fingerprint density at radius 3 is 2.24 bits per heavy atom. The molecule has 1 aromatic rings. The second kappa shape index (κ2) is 5.92. The minimum absolute atomic E-state index is 0.369. The molecule has 1 aromatic carbocycles. The molecular formula is C10H14F2N2O2S. The molecule has 0 saturated carbocycles. The van der Waals surface area contributed by atoms with Crippen LogP contribution in [0.4, 0.5) is 14.5 Å². The van der Waals surface area contributed by atoms with E-state index in [9.17, 15) is 17.2 Å². The monoisotopic (exact) mass is 264 g/mol. The van der Waals surface area contributed by atoms with Crippen molar-refractivity contribution in [3.05, 3.63) is 24.3 Å². The number of nitrogens with one attached hydrogen (secondary N) is 2. The molecule has 1 rings (SSSR count). The van der Waals surface area contributed by atoms with Crippen LogP contribution in [0, 0.1) is 0 Å². The van der Waals surface area contributed by atoms with E-state index < -0.39 is 15.6 Å². The van der Waals surface area contributed by atoms with Crippen LogP contribution in [-0.2, 0) is 9.84 Å². The van der Waals surface area contributed by atoms with Gasteiger partial charge in [-0.2, -0.15) is 8.78 Å². The molecule has 0 aliphatic rings. The summed E-state index contributed by atoms with van der Waals surface area (Å²) in [4.78, 5) is -0.369. The molecule has 4 nitrogen and oxygen atoms in total. The van der Waals surface area contributed by atoms with Crippen molar-refractivity contribution in [1.82, 2.24) is 5.32 Å². The molecule has 0 radical (unpaired) electrons. The Balaban J connectivity index is 2.75. The van der Waals surface area contributed by atoms with Crippen LogP contribution in [0.2, 0.25) is 0 Å². The Morgan fingerprint density at radius 2 is 1.76 bits per heavy atom. The number of alkyl halides is 2. The van der Waals surface area contributed by atoms with E-state index in [0.717, 1.165) is 6.54 Å². The largest absolute Gasteiger partial charge is 0.384 e. The first-order valence-corrected chi connectivity index (χ1v) is 6.53. The topological polar surface area (TPSA) is 58.2 Å². The van der Waals surface area contributed by atoms with Crippen LogP contribution in [-0.4, -0.2) is 34.3 Å². The lowest BCUT2D eigenvalue weighted by atomic mass is 10.3. The summed E-state index contributed by atoms with van der Waals surface area (Å²) in [5.41, 5.74) is 0.688. The third-order valence-corrected chi connectivity index (χ3v) is 3.52. The Bertz CT molecular complexity index is 446. The van der Waals surface area contributed by atoms with Crippen LogP contribution >= 0.6 is 0 Å². The van der Waals surface area contributed by atoms with Crippen LogP contribution in [0.1, 0.15) is 0 Å². The molecule has 0 bridgehead atoms. The number of sulfone groups is 1. The van der Waals surface area contributed by atoms with Crippen molar-refractivity contribution in [2.24, 2.45) is 0 Å². The highest BCUT2D eigenvalue weighted by atomic mass is 32.2. The Hall–Kier alpha value is -1.21. The van der Waals surface area contributed by atoms with Gasteiger partial charge in [-0.05, 0) is 31.3 Å². The van der Waals surface area contributed by atoms with Gasteiger partial charge in [0, 0.05) is 18.8 Å². The molecule has 0 aliphatic heterocycles. The highest BCUT2D eigenvalue weighted by molar-refractivity contribution is 7.91. The van der Waals surface area contributed by atoms with Gasteiger partial charge >= 0.3 is 5.76 Å². The van der Waals surface area contributed by atoms with Gasteiger partial charge in [-0.1, -0.05) is 0 Å². The number of halogens is 2. The third-order valence-electron chi connectivity index (χ3n) is 2.12. The van der Waals surface area contributed by atoms with E-state index in [0.29, 0.717) is 12.2 Å². The smallest absolute Gasteiger partial charge is 0.341 e.